The Labute approximate surface area is 166 Å². The van der Waals surface area contributed by atoms with Crippen LogP contribution < -0.4 is 0 Å². The van der Waals surface area contributed by atoms with Crippen molar-refractivity contribution in [2.75, 3.05) is 26.8 Å². The van der Waals surface area contributed by atoms with Gasteiger partial charge in [-0.05, 0) is 62.8 Å². The van der Waals surface area contributed by atoms with Crippen molar-refractivity contribution in [1.82, 2.24) is 10.1 Å². The minimum Gasteiger partial charge on any atom is -0.350 e. The molecule has 0 radical (unpaired) electrons. The number of hydrogen-bond acceptors (Lipinski definition) is 5. The van der Waals surface area contributed by atoms with Gasteiger partial charge in [-0.3, -0.25) is 4.79 Å². The Balaban J connectivity index is 1.71. The number of rotatable bonds is 4. The van der Waals surface area contributed by atoms with Gasteiger partial charge in [0.2, 0.25) is 0 Å². The topological polar surface area (TPSA) is 51.2 Å². The largest absolute Gasteiger partial charge is 0.350 e. The van der Waals surface area contributed by atoms with Crippen LogP contribution >= 0.6 is 0 Å². The first-order valence-corrected chi connectivity index (χ1v) is 10.2. The van der Waals surface area contributed by atoms with Gasteiger partial charge in [0, 0.05) is 25.1 Å². The highest BCUT2D eigenvalue weighted by atomic mass is 16.8. The molecule has 3 heterocycles. The minimum absolute atomic E-state index is 0.0589. The Hall–Kier alpha value is -1.73. The third-order valence-corrected chi connectivity index (χ3v) is 6.14. The fourth-order valence-electron chi connectivity index (χ4n) is 4.79. The van der Waals surface area contributed by atoms with Crippen LogP contribution in [0.1, 0.15) is 47.9 Å². The van der Waals surface area contributed by atoms with E-state index in [2.05, 4.69) is 39.0 Å². The molecule has 0 aromatic heterocycles. The first-order chi connectivity index (χ1) is 13.4. The molecule has 0 saturated carbocycles. The van der Waals surface area contributed by atoms with Gasteiger partial charge < -0.3 is 9.57 Å². The van der Waals surface area contributed by atoms with Crippen molar-refractivity contribution in [2.45, 2.75) is 58.3 Å². The van der Waals surface area contributed by atoms with Crippen LogP contribution in [0.2, 0.25) is 0 Å². The molecule has 1 spiro atoms. The summed E-state index contributed by atoms with van der Waals surface area (Å²) in [6.07, 6.45) is 5.13. The van der Waals surface area contributed by atoms with Gasteiger partial charge in [-0.25, -0.2) is 9.90 Å². The number of hydrogen-bond donors (Lipinski definition) is 0. The molecule has 3 aliphatic rings. The van der Waals surface area contributed by atoms with E-state index < -0.39 is 5.54 Å². The maximum Gasteiger partial charge on any atom is 0.278 e. The Kier molecular flexibility index (Phi) is 5.31. The van der Waals surface area contributed by atoms with Crippen molar-refractivity contribution in [2.24, 2.45) is 0 Å². The number of amides is 1. The number of benzene rings is 1. The van der Waals surface area contributed by atoms with Crippen LogP contribution in [0.5, 0.6) is 0 Å². The number of hydroxylamine groups is 4. The maximum absolute atomic E-state index is 13.5. The fourth-order valence-corrected chi connectivity index (χ4v) is 4.79. The van der Waals surface area contributed by atoms with Gasteiger partial charge in [-0.1, -0.05) is 17.7 Å². The number of carbonyl (C=O) groups is 1. The van der Waals surface area contributed by atoms with E-state index in [0.717, 1.165) is 61.0 Å². The summed E-state index contributed by atoms with van der Waals surface area (Å²) in [6.45, 7) is 8.44. The highest BCUT2D eigenvalue weighted by Gasteiger charge is 2.50. The van der Waals surface area contributed by atoms with Gasteiger partial charge in [0.1, 0.15) is 0 Å². The second-order valence-electron chi connectivity index (χ2n) is 8.19. The number of nitrogens with zero attached hydrogens (tertiary/aromatic N) is 2. The average molecular weight is 386 g/mol. The summed E-state index contributed by atoms with van der Waals surface area (Å²) in [5, 5.41) is 3.55. The minimum atomic E-state index is -0.447. The molecular weight excluding hydrogens is 356 g/mol. The molecule has 0 aliphatic carbocycles. The van der Waals surface area contributed by atoms with Crippen LogP contribution in [0.25, 0.3) is 5.57 Å². The summed E-state index contributed by atoms with van der Waals surface area (Å²) in [4.78, 5) is 25.1. The molecule has 0 N–H and O–H groups in total. The maximum atomic E-state index is 13.5. The predicted octanol–water partition coefficient (Wildman–Crippen LogP) is 3.30. The van der Waals surface area contributed by atoms with Gasteiger partial charge >= 0.3 is 0 Å². The van der Waals surface area contributed by atoms with Crippen LogP contribution in [0, 0.1) is 20.8 Å². The summed E-state index contributed by atoms with van der Waals surface area (Å²) >= 11 is 0. The summed E-state index contributed by atoms with van der Waals surface area (Å²) in [5.41, 5.74) is 4.79. The monoisotopic (exact) mass is 386 g/mol. The van der Waals surface area contributed by atoms with E-state index >= 15 is 0 Å². The summed E-state index contributed by atoms with van der Waals surface area (Å²) in [7, 11) is 1.69. The molecule has 1 aromatic carbocycles. The first kappa shape index (κ1) is 19.6. The SMILES string of the molecule is CON1CCC2(C=C(c3c(C)cc(C)cc3C)C(=O)N2OC2CCCO2)CC1. The van der Waals surface area contributed by atoms with E-state index in [1.165, 1.54) is 5.56 Å². The zero-order valence-corrected chi connectivity index (χ0v) is 17.3. The Morgan fingerprint density at radius 2 is 1.82 bits per heavy atom. The molecule has 6 nitrogen and oxygen atoms in total. The summed E-state index contributed by atoms with van der Waals surface area (Å²) < 4.78 is 5.67. The lowest BCUT2D eigenvalue weighted by Gasteiger charge is -2.42. The summed E-state index contributed by atoms with van der Waals surface area (Å²) in [5.74, 6) is -0.0589. The molecule has 1 amide bonds. The zero-order chi connectivity index (χ0) is 19.9. The third kappa shape index (κ3) is 3.39. The standard InChI is InChI=1S/C22H30N2O4/c1-15-12-16(2)20(17(3)13-15)18-14-22(7-9-23(26-4)10-8-22)24(21(18)25)28-19-6-5-11-27-19/h12-14,19H,5-11H2,1-4H3. The Bertz CT molecular complexity index is 767. The van der Waals surface area contributed by atoms with Gasteiger partial charge in [0.05, 0.1) is 19.3 Å². The smallest absolute Gasteiger partial charge is 0.278 e. The Morgan fingerprint density at radius 1 is 1.14 bits per heavy atom. The van der Waals surface area contributed by atoms with E-state index in [1.54, 1.807) is 12.2 Å². The molecule has 2 fully saturated rings. The van der Waals surface area contributed by atoms with Crippen LogP contribution in [-0.2, 0) is 19.2 Å². The number of aryl methyl sites for hydroxylation is 3. The molecule has 2 saturated heterocycles. The molecule has 4 rings (SSSR count). The number of carbonyl (C=O) groups excluding carboxylic acids is 1. The lowest BCUT2D eigenvalue weighted by Crippen LogP contribution is -2.54. The Morgan fingerprint density at radius 3 is 2.39 bits per heavy atom. The number of ether oxygens (including phenoxy) is 1. The van der Waals surface area contributed by atoms with E-state index in [9.17, 15) is 4.79 Å². The molecule has 28 heavy (non-hydrogen) atoms. The van der Waals surface area contributed by atoms with Gasteiger partial charge in [-0.15, -0.1) is 0 Å². The fraction of sp³-hybridized carbons (Fsp3) is 0.591. The van der Waals surface area contributed by atoms with Crippen LogP contribution in [0.3, 0.4) is 0 Å². The first-order valence-electron chi connectivity index (χ1n) is 10.2. The molecule has 1 atom stereocenters. The second kappa shape index (κ2) is 7.59. The van der Waals surface area contributed by atoms with Crippen LogP contribution in [-0.4, -0.2) is 54.7 Å². The molecule has 0 bridgehead atoms. The molecule has 6 heteroatoms. The van der Waals surface area contributed by atoms with E-state index in [1.807, 2.05) is 5.06 Å². The average Bonchev–Trinajstić information content (AvgIpc) is 3.25. The molecule has 1 unspecified atom stereocenters. The predicted molar refractivity (Wildman–Crippen MR) is 106 cm³/mol. The summed E-state index contributed by atoms with van der Waals surface area (Å²) in [6, 6.07) is 4.28. The zero-order valence-electron chi connectivity index (χ0n) is 17.3. The molecule has 152 valence electrons. The van der Waals surface area contributed by atoms with Crippen molar-refractivity contribution in [3.63, 3.8) is 0 Å². The second-order valence-corrected chi connectivity index (χ2v) is 8.19. The van der Waals surface area contributed by atoms with Gasteiger partial charge in [0.15, 0.2) is 6.29 Å². The van der Waals surface area contributed by atoms with Crippen molar-refractivity contribution < 1.29 is 19.2 Å². The lowest BCUT2D eigenvalue weighted by atomic mass is 9.87. The van der Waals surface area contributed by atoms with Crippen molar-refractivity contribution >= 4 is 11.5 Å². The van der Waals surface area contributed by atoms with Crippen LogP contribution in [0.4, 0.5) is 0 Å². The molecule has 1 aromatic rings. The van der Waals surface area contributed by atoms with Crippen molar-refractivity contribution in [3.05, 3.63) is 40.5 Å². The van der Waals surface area contributed by atoms with E-state index in [4.69, 9.17) is 14.4 Å². The quantitative estimate of drug-likeness (QED) is 0.795. The van der Waals surface area contributed by atoms with E-state index in [-0.39, 0.29) is 12.2 Å². The highest BCUT2D eigenvalue weighted by molar-refractivity contribution is 6.22. The lowest BCUT2D eigenvalue weighted by molar-refractivity contribution is -0.287. The van der Waals surface area contributed by atoms with Gasteiger partial charge in [0.25, 0.3) is 5.91 Å². The highest BCUT2D eigenvalue weighted by Crippen LogP contribution is 2.43. The third-order valence-electron chi connectivity index (χ3n) is 6.14. The molecular formula is C22H30N2O4. The van der Waals surface area contributed by atoms with Crippen molar-refractivity contribution in [1.29, 1.82) is 0 Å². The van der Waals surface area contributed by atoms with Gasteiger partial charge in [-0.2, -0.15) is 5.06 Å². The van der Waals surface area contributed by atoms with E-state index in [0.29, 0.717) is 6.61 Å². The van der Waals surface area contributed by atoms with Crippen LogP contribution in [0.15, 0.2) is 18.2 Å². The van der Waals surface area contributed by atoms with Crippen molar-refractivity contribution in [3.8, 4) is 0 Å². The number of piperidine rings is 1. The normalized spacial score (nSPS) is 25.0. The molecule has 3 aliphatic heterocycles.